The van der Waals surface area contributed by atoms with Crippen LogP contribution in [0.25, 0.3) is 82.8 Å². The van der Waals surface area contributed by atoms with E-state index in [1.165, 1.54) is 32.9 Å². The van der Waals surface area contributed by atoms with Crippen molar-refractivity contribution in [2.75, 3.05) is 0 Å². The number of aromatic nitrogens is 4. The minimum absolute atomic E-state index is 0.771. The molecule has 0 N–H and O–H groups in total. The number of nitrogens with zero attached hydrogens (tertiary/aromatic N) is 4. The van der Waals surface area contributed by atoms with E-state index in [0.717, 1.165) is 92.7 Å². The number of fused-ring (bicyclic) bond motifs is 3. The first-order valence-electron chi connectivity index (χ1n) is 18.7. The van der Waals surface area contributed by atoms with Crippen molar-refractivity contribution in [3.05, 3.63) is 187 Å². The van der Waals surface area contributed by atoms with Crippen LogP contribution in [0.2, 0.25) is 0 Å². The molecule has 0 aliphatic heterocycles. The number of hydrogen-bond donors (Lipinski definition) is 0. The average Bonchev–Trinajstić information content (AvgIpc) is 3.26. The van der Waals surface area contributed by atoms with Gasteiger partial charge in [0.15, 0.2) is 5.82 Å². The molecule has 0 bridgehead atoms. The molecule has 3 aromatic heterocycles. The minimum atomic E-state index is 0.771. The third-order valence-electron chi connectivity index (χ3n) is 10.7. The molecule has 0 unspecified atom stereocenters. The van der Waals surface area contributed by atoms with Crippen LogP contribution in [0, 0.1) is 0 Å². The van der Waals surface area contributed by atoms with E-state index in [1.807, 2.05) is 12.4 Å². The molecular weight excluding hydrogens is 657 g/mol. The van der Waals surface area contributed by atoms with Gasteiger partial charge in [-0.05, 0) is 88.6 Å². The van der Waals surface area contributed by atoms with Crippen LogP contribution in [0.15, 0.2) is 170 Å². The molecule has 3 heterocycles. The molecule has 2 aliphatic rings. The predicted octanol–water partition coefficient (Wildman–Crippen LogP) is 12.7. The van der Waals surface area contributed by atoms with Gasteiger partial charge < -0.3 is 0 Å². The Morgan fingerprint density at radius 1 is 0.463 bits per heavy atom. The summed E-state index contributed by atoms with van der Waals surface area (Å²) in [6, 6.07) is 45.0. The fraction of sp³-hybridized carbons (Fsp3) is 0.0800. The van der Waals surface area contributed by atoms with E-state index in [1.54, 1.807) is 0 Å². The quantitative estimate of drug-likeness (QED) is 0.174. The molecular formula is C50H36N4. The van der Waals surface area contributed by atoms with Crippen LogP contribution in [0.4, 0.5) is 0 Å². The van der Waals surface area contributed by atoms with Crippen LogP contribution in [0.5, 0.6) is 0 Å². The number of allylic oxidation sites excluding steroid dienone is 8. The molecule has 0 amide bonds. The molecule has 0 radical (unpaired) electrons. The zero-order chi connectivity index (χ0) is 35.8. The maximum absolute atomic E-state index is 5.44. The van der Waals surface area contributed by atoms with Crippen molar-refractivity contribution in [1.29, 1.82) is 0 Å². The van der Waals surface area contributed by atoms with Crippen LogP contribution >= 0.6 is 0 Å². The van der Waals surface area contributed by atoms with E-state index in [-0.39, 0.29) is 0 Å². The lowest BCUT2D eigenvalue weighted by molar-refractivity contribution is 1.02. The molecule has 4 nitrogen and oxygen atoms in total. The summed E-state index contributed by atoms with van der Waals surface area (Å²) in [5.74, 6) is 0.771. The molecule has 4 heteroatoms. The normalized spacial score (nSPS) is 14.3. The number of hydrogen-bond acceptors (Lipinski definition) is 4. The fourth-order valence-electron chi connectivity index (χ4n) is 7.96. The lowest BCUT2D eigenvalue weighted by Crippen LogP contribution is -2.04. The Kier molecular flexibility index (Phi) is 8.07. The molecule has 54 heavy (non-hydrogen) atoms. The summed E-state index contributed by atoms with van der Waals surface area (Å²) < 4.78 is 0. The topological polar surface area (TPSA) is 51.6 Å². The predicted molar refractivity (Wildman–Crippen MR) is 224 cm³/mol. The van der Waals surface area contributed by atoms with Gasteiger partial charge in [0.05, 0.1) is 22.6 Å². The van der Waals surface area contributed by atoms with Gasteiger partial charge in [0.25, 0.3) is 0 Å². The Labute approximate surface area is 314 Å². The Balaban J connectivity index is 1.16. The van der Waals surface area contributed by atoms with Crippen molar-refractivity contribution in [2.45, 2.75) is 25.7 Å². The Morgan fingerprint density at radius 2 is 1.11 bits per heavy atom. The number of pyridine rings is 2. The number of benzene rings is 5. The molecule has 8 aromatic rings. The standard InChI is InChI=1S/C50H36N4/c1-3-11-33(12-4-1)41-31-44(34-13-5-2-6-14-34)49-45(32-41)48(39-21-19-37(20-22-39)46-42-17-9-7-15-35(42)27-29-51-46)53-50(54-49)40-25-23-38(24-26-40)47-43-18-10-8-16-36(43)28-30-52-47/h1,3-5,7-23,25,27-32H,2,6,24,26H2. The molecule has 5 aromatic carbocycles. The summed E-state index contributed by atoms with van der Waals surface area (Å²) in [5, 5.41) is 5.75. The second-order valence-corrected chi connectivity index (χ2v) is 14.0. The first-order chi connectivity index (χ1) is 26.8. The summed E-state index contributed by atoms with van der Waals surface area (Å²) in [5.41, 5.74) is 13.1. The van der Waals surface area contributed by atoms with Gasteiger partial charge in [-0.25, -0.2) is 9.97 Å². The van der Waals surface area contributed by atoms with Crippen molar-refractivity contribution in [3.63, 3.8) is 0 Å². The zero-order valence-electron chi connectivity index (χ0n) is 29.8. The molecule has 10 rings (SSSR count). The average molecular weight is 693 g/mol. The van der Waals surface area contributed by atoms with Crippen molar-refractivity contribution in [3.8, 4) is 33.6 Å². The van der Waals surface area contributed by atoms with Crippen LogP contribution in [-0.4, -0.2) is 19.9 Å². The van der Waals surface area contributed by atoms with Crippen LogP contribution in [0.1, 0.15) is 42.8 Å². The van der Waals surface area contributed by atoms with Gasteiger partial charge in [0.1, 0.15) is 0 Å². The van der Waals surface area contributed by atoms with Gasteiger partial charge in [-0.15, -0.1) is 0 Å². The van der Waals surface area contributed by atoms with Crippen LogP contribution in [0.3, 0.4) is 0 Å². The Hall–Kier alpha value is -6.78. The highest BCUT2D eigenvalue weighted by Gasteiger charge is 2.21. The summed E-state index contributed by atoms with van der Waals surface area (Å²) in [7, 11) is 0. The van der Waals surface area contributed by atoms with E-state index in [2.05, 4.69) is 158 Å². The van der Waals surface area contributed by atoms with Crippen molar-refractivity contribution in [1.82, 2.24) is 19.9 Å². The molecule has 0 fully saturated rings. The second kappa shape index (κ2) is 13.6. The highest BCUT2D eigenvalue weighted by Crippen LogP contribution is 2.40. The SMILES string of the molecule is C1=CC(c2cc(-c3ccccc3)cc3c(-c4ccc(-c5nccc6ccccc56)cc4)nc(C4=CC=C(c5nccc6ccccc56)CC4)nc23)=CCC1. The molecule has 256 valence electrons. The third-order valence-corrected chi connectivity index (χ3v) is 10.7. The van der Waals surface area contributed by atoms with Crippen molar-refractivity contribution >= 4 is 49.2 Å². The van der Waals surface area contributed by atoms with E-state index >= 15 is 0 Å². The van der Waals surface area contributed by atoms with Crippen LogP contribution < -0.4 is 0 Å². The highest BCUT2D eigenvalue weighted by molar-refractivity contribution is 6.04. The maximum atomic E-state index is 5.44. The zero-order valence-corrected chi connectivity index (χ0v) is 29.8. The van der Waals surface area contributed by atoms with E-state index in [9.17, 15) is 0 Å². The molecule has 2 aliphatic carbocycles. The van der Waals surface area contributed by atoms with Crippen molar-refractivity contribution < 1.29 is 0 Å². The largest absolute Gasteiger partial charge is 0.256 e. The first-order valence-corrected chi connectivity index (χ1v) is 18.7. The molecule has 0 atom stereocenters. The summed E-state index contributed by atoms with van der Waals surface area (Å²) >= 11 is 0. The van der Waals surface area contributed by atoms with E-state index in [4.69, 9.17) is 19.9 Å². The first kappa shape index (κ1) is 31.9. The lowest BCUT2D eigenvalue weighted by Gasteiger charge is -2.19. The third kappa shape index (κ3) is 5.82. The van der Waals surface area contributed by atoms with E-state index in [0.29, 0.717) is 0 Å². The monoisotopic (exact) mass is 692 g/mol. The Bertz CT molecular complexity index is 2850. The molecule has 0 spiro atoms. The van der Waals surface area contributed by atoms with Gasteiger partial charge >= 0.3 is 0 Å². The smallest absolute Gasteiger partial charge is 0.156 e. The highest BCUT2D eigenvalue weighted by atomic mass is 14.9. The maximum Gasteiger partial charge on any atom is 0.156 e. The lowest BCUT2D eigenvalue weighted by atomic mass is 9.90. The van der Waals surface area contributed by atoms with Crippen LogP contribution in [-0.2, 0) is 0 Å². The van der Waals surface area contributed by atoms with Gasteiger partial charge in [-0.3, -0.25) is 9.97 Å². The van der Waals surface area contributed by atoms with Crippen molar-refractivity contribution in [2.24, 2.45) is 0 Å². The van der Waals surface area contributed by atoms with Gasteiger partial charge in [0.2, 0.25) is 0 Å². The minimum Gasteiger partial charge on any atom is -0.256 e. The summed E-state index contributed by atoms with van der Waals surface area (Å²) in [6.45, 7) is 0. The van der Waals surface area contributed by atoms with Gasteiger partial charge in [0, 0.05) is 45.2 Å². The van der Waals surface area contributed by atoms with Gasteiger partial charge in [-0.2, -0.15) is 0 Å². The van der Waals surface area contributed by atoms with Gasteiger partial charge in [-0.1, -0.05) is 134 Å². The summed E-state index contributed by atoms with van der Waals surface area (Å²) in [4.78, 5) is 20.5. The van der Waals surface area contributed by atoms with E-state index < -0.39 is 0 Å². The Morgan fingerprint density at radius 3 is 1.81 bits per heavy atom. The fourth-order valence-corrected chi connectivity index (χ4v) is 7.96. The molecule has 0 saturated carbocycles. The summed E-state index contributed by atoms with van der Waals surface area (Å²) in [6.07, 6.45) is 18.9. The number of rotatable bonds is 6. The second-order valence-electron chi connectivity index (χ2n) is 14.0. The molecule has 0 saturated heterocycles.